The van der Waals surface area contributed by atoms with E-state index in [0.717, 1.165) is 22.5 Å². The Balaban J connectivity index is 2.25. The first-order valence-electron chi connectivity index (χ1n) is 5.97. The normalized spacial score (nSPS) is 12.6. The molecule has 1 aliphatic rings. The molecule has 1 aromatic heterocycles. The van der Waals surface area contributed by atoms with Crippen molar-refractivity contribution in [2.24, 2.45) is 0 Å². The quantitative estimate of drug-likeness (QED) is 0.828. The fourth-order valence-corrected chi connectivity index (χ4v) is 2.31. The Labute approximate surface area is 111 Å². The first kappa shape index (κ1) is 11.8. The van der Waals surface area contributed by atoms with Gasteiger partial charge in [-0.2, -0.15) is 0 Å². The topological polar surface area (TPSA) is 53.5 Å². The number of hydrogen-bond acceptors (Lipinski definition) is 5. The highest BCUT2D eigenvalue weighted by molar-refractivity contribution is 5.79. The minimum absolute atomic E-state index is 0.203. The second-order valence-corrected chi connectivity index (χ2v) is 4.30. The van der Waals surface area contributed by atoms with Crippen LogP contribution in [0.5, 0.6) is 17.2 Å². The molecule has 0 fully saturated rings. The number of benzene rings is 1. The summed E-state index contributed by atoms with van der Waals surface area (Å²) in [5.41, 5.74) is 3.74. The van der Waals surface area contributed by atoms with Gasteiger partial charge in [-0.25, -0.2) is 9.97 Å². The second kappa shape index (κ2) is 4.42. The van der Waals surface area contributed by atoms with Crippen LogP contribution in [-0.4, -0.2) is 23.9 Å². The van der Waals surface area contributed by atoms with Crippen molar-refractivity contribution in [3.05, 3.63) is 29.8 Å². The Bertz CT molecular complexity index is 621. The van der Waals surface area contributed by atoms with Crippen molar-refractivity contribution in [3.63, 3.8) is 0 Å². The third-order valence-corrected chi connectivity index (χ3v) is 3.20. The first-order valence-corrected chi connectivity index (χ1v) is 5.97. The molecule has 2 aromatic rings. The highest BCUT2D eigenvalue weighted by Gasteiger charge is 2.25. The van der Waals surface area contributed by atoms with Crippen LogP contribution in [0.1, 0.15) is 11.4 Å². The average Bonchev–Trinajstić information content (AvgIpc) is 2.88. The van der Waals surface area contributed by atoms with Gasteiger partial charge in [0, 0.05) is 22.5 Å². The summed E-state index contributed by atoms with van der Waals surface area (Å²) in [6.45, 7) is 4.11. The van der Waals surface area contributed by atoms with Crippen molar-refractivity contribution < 1.29 is 14.2 Å². The van der Waals surface area contributed by atoms with Crippen LogP contribution < -0.4 is 14.2 Å². The number of fused-ring (bicyclic) bond motifs is 1. The van der Waals surface area contributed by atoms with E-state index < -0.39 is 0 Å². The van der Waals surface area contributed by atoms with Gasteiger partial charge >= 0.3 is 0 Å². The van der Waals surface area contributed by atoms with Crippen LogP contribution in [0.2, 0.25) is 0 Å². The summed E-state index contributed by atoms with van der Waals surface area (Å²) >= 11 is 0. The lowest BCUT2D eigenvalue weighted by Gasteiger charge is -2.12. The molecule has 0 amide bonds. The zero-order valence-corrected chi connectivity index (χ0v) is 11.1. The maximum absolute atomic E-state index is 5.58. The van der Waals surface area contributed by atoms with Crippen molar-refractivity contribution in [3.8, 4) is 28.4 Å². The van der Waals surface area contributed by atoms with E-state index >= 15 is 0 Å². The highest BCUT2D eigenvalue weighted by Crippen LogP contribution is 2.48. The van der Waals surface area contributed by atoms with Crippen LogP contribution in [0.25, 0.3) is 11.1 Å². The number of hydrogen-bond donors (Lipinski definition) is 0. The summed E-state index contributed by atoms with van der Waals surface area (Å²) < 4.78 is 16.3. The van der Waals surface area contributed by atoms with Gasteiger partial charge in [0.15, 0.2) is 11.5 Å². The summed E-state index contributed by atoms with van der Waals surface area (Å²) in [4.78, 5) is 8.49. The summed E-state index contributed by atoms with van der Waals surface area (Å²) in [7, 11) is 1.61. The average molecular weight is 258 g/mol. The third-order valence-electron chi connectivity index (χ3n) is 3.20. The molecule has 0 saturated carbocycles. The standard InChI is InChI=1S/C14H14N2O3/c1-8-12(9(2)16-6-15-8)10-4-5-11(17-3)14-13(10)18-7-19-14/h4-6H,7H2,1-3H3. The van der Waals surface area contributed by atoms with Crippen molar-refractivity contribution in [2.45, 2.75) is 13.8 Å². The Morgan fingerprint density at radius 3 is 2.42 bits per heavy atom. The molecule has 0 radical (unpaired) electrons. The molecule has 1 aromatic carbocycles. The van der Waals surface area contributed by atoms with E-state index in [1.54, 1.807) is 13.4 Å². The van der Waals surface area contributed by atoms with Gasteiger partial charge < -0.3 is 14.2 Å². The number of rotatable bonds is 2. The van der Waals surface area contributed by atoms with Crippen molar-refractivity contribution in [2.75, 3.05) is 13.9 Å². The largest absolute Gasteiger partial charge is 0.493 e. The van der Waals surface area contributed by atoms with Gasteiger partial charge in [0.1, 0.15) is 6.33 Å². The molecule has 1 aliphatic heterocycles. The van der Waals surface area contributed by atoms with Crippen molar-refractivity contribution >= 4 is 0 Å². The maximum Gasteiger partial charge on any atom is 0.231 e. The maximum atomic E-state index is 5.58. The molecular formula is C14H14N2O3. The van der Waals surface area contributed by atoms with Crippen LogP contribution in [0, 0.1) is 13.8 Å². The van der Waals surface area contributed by atoms with E-state index in [0.29, 0.717) is 17.2 Å². The van der Waals surface area contributed by atoms with Crippen LogP contribution in [0.15, 0.2) is 18.5 Å². The van der Waals surface area contributed by atoms with E-state index in [9.17, 15) is 0 Å². The Kier molecular flexibility index (Phi) is 2.74. The molecular weight excluding hydrogens is 244 g/mol. The molecule has 2 heterocycles. The minimum Gasteiger partial charge on any atom is -0.493 e. The lowest BCUT2D eigenvalue weighted by molar-refractivity contribution is 0.171. The summed E-state index contributed by atoms with van der Waals surface area (Å²) in [5, 5.41) is 0. The molecule has 5 heteroatoms. The Morgan fingerprint density at radius 1 is 1.05 bits per heavy atom. The van der Waals surface area contributed by atoms with E-state index in [2.05, 4.69) is 9.97 Å². The molecule has 5 nitrogen and oxygen atoms in total. The van der Waals surface area contributed by atoms with E-state index in [1.165, 1.54) is 0 Å². The first-order chi connectivity index (χ1) is 9.22. The van der Waals surface area contributed by atoms with Gasteiger partial charge in [0.25, 0.3) is 0 Å². The van der Waals surface area contributed by atoms with Gasteiger partial charge in [-0.1, -0.05) is 0 Å². The highest BCUT2D eigenvalue weighted by atomic mass is 16.7. The number of ether oxygens (including phenoxy) is 3. The molecule has 0 spiro atoms. The van der Waals surface area contributed by atoms with Crippen LogP contribution in [-0.2, 0) is 0 Å². The lowest BCUT2D eigenvalue weighted by Crippen LogP contribution is -1.97. The third kappa shape index (κ3) is 1.78. The molecule has 0 saturated heterocycles. The molecule has 98 valence electrons. The van der Waals surface area contributed by atoms with E-state index in [1.807, 2.05) is 26.0 Å². The number of aromatic nitrogens is 2. The fraction of sp³-hybridized carbons (Fsp3) is 0.286. The molecule has 0 aliphatic carbocycles. The van der Waals surface area contributed by atoms with Gasteiger partial charge in [0.2, 0.25) is 12.5 Å². The molecule has 0 atom stereocenters. The SMILES string of the molecule is COc1ccc(-c2c(C)ncnc2C)c2c1OCO2. The molecule has 19 heavy (non-hydrogen) atoms. The Hall–Kier alpha value is -2.30. The molecule has 0 unspecified atom stereocenters. The van der Waals surface area contributed by atoms with Gasteiger partial charge in [-0.3, -0.25) is 0 Å². The van der Waals surface area contributed by atoms with E-state index in [4.69, 9.17) is 14.2 Å². The van der Waals surface area contributed by atoms with E-state index in [-0.39, 0.29) is 6.79 Å². The van der Waals surface area contributed by atoms with Crippen LogP contribution in [0.3, 0.4) is 0 Å². The second-order valence-electron chi connectivity index (χ2n) is 4.30. The predicted octanol–water partition coefficient (Wildman–Crippen LogP) is 2.50. The number of aryl methyl sites for hydroxylation is 2. The minimum atomic E-state index is 0.203. The number of nitrogens with zero attached hydrogens (tertiary/aromatic N) is 2. The summed E-state index contributed by atoms with van der Waals surface area (Å²) in [6.07, 6.45) is 1.56. The summed E-state index contributed by atoms with van der Waals surface area (Å²) in [6, 6.07) is 3.82. The van der Waals surface area contributed by atoms with Crippen molar-refractivity contribution in [1.82, 2.24) is 9.97 Å². The van der Waals surface area contributed by atoms with Gasteiger partial charge in [-0.15, -0.1) is 0 Å². The predicted molar refractivity (Wildman–Crippen MR) is 69.6 cm³/mol. The van der Waals surface area contributed by atoms with Gasteiger partial charge in [0.05, 0.1) is 7.11 Å². The summed E-state index contributed by atoms with van der Waals surface area (Å²) in [5.74, 6) is 2.01. The fourth-order valence-electron chi connectivity index (χ4n) is 2.31. The number of methoxy groups -OCH3 is 1. The van der Waals surface area contributed by atoms with Crippen LogP contribution >= 0.6 is 0 Å². The zero-order chi connectivity index (χ0) is 13.4. The lowest BCUT2D eigenvalue weighted by atomic mass is 10.0. The molecule has 0 bridgehead atoms. The Morgan fingerprint density at radius 2 is 1.74 bits per heavy atom. The smallest absolute Gasteiger partial charge is 0.231 e. The van der Waals surface area contributed by atoms with Gasteiger partial charge in [-0.05, 0) is 26.0 Å². The molecule has 3 rings (SSSR count). The zero-order valence-electron chi connectivity index (χ0n) is 11.1. The van der Waals surface area contributed by atoms with Crippen molar-refractivity contribution in [1.29, 1.82) is 0 Å². The van der Waals surface area contributed by atoms with Crippen LogP contribution in [0.4, 0.5) is 0 Å². The molecule has 0 N–H and O–H groups in total. The monoisotopic (exact) mass is 258 g/mol.